The fraction of sp³-hybridized carbons (Fsp3) is 0.833. The van der Waals surface area contributed by atoms with Crippen LogP contribution < -0.4 is 5.32 Å². The first-order valence-electron chi connectivity index (χ1n) is 6.36. The topological polar surface area (TPSA) is 89.9 Å². The van der Waals surface area contributed by atoms with Crippen molar-refractivity contribution in [1.82, 2.24) is 10.2 Å². The van der Waals surface area contributed by atoms with E-state index in [4.69, 9.17) is 10.2 Å². The molecule has 1 saturated heterocycles. The summed E-state index contributed by atoms with van der Waals surface area (Å²) in [5, 5.41) is 20.2. The molecule has 1 aliphatic rings. The van der Waals surface area contributed by atoms with Crippen LogP contribution >= 0.6 is 0 Å². The number of nitrogens with one attached hydrogen (secondary N) is 1. The lowest BCUT2D eigenvalue weighted by atomic mass is 9.95. The Labute approximate surface area is 107 Å². The second-order valence-electron chi connectivity index (χ2n) is 5.04. The summed E-state index contributed by atoms with van der Waals surface area (Å²) in [6.45, 7) is 4.43. The van der Waals surface area contributed by atoms with E-state index in [1.54, 1.807) is 4.90 Å². The number of carbonyl (C=O) groups is 2. The molecular weight excluding hydrogens is 236 g/mol. The van der Waals surface area contributed by atoms with E-state index >= 15 is 0 Å². The van der Waals surface area contributed by atoms with Gasteiger partial charge in [-0.05, 0) is 25.7 Å². The Kier molecular flexibility index (Phi) is 5.40. The van der Waals surface area contributed by atoms with Crippen LogP contribution in [0.25, 0.3) is 0 Å². The molecule has 3 N–H and O–H groups in total. The highest BCUT2D eigenvalue weighted by Crippen LogP contribution is 2.21. The van der Waals surface area contributed by atoms with Gasteiger partial charge in [-0.2, -0.15) is 0 Å². The number of aliphatic carboxylic acids is 1. The zero-order valence-corrected chi connectivity index (χ0v) is 10.9. The molecule has 1 fully saturated rings. The van der Waals surface area contributed by atoms with Crippen molar-refractivity contribution in [3.63, 3.8) is 0 Å². The maximum Gasteiger partial charge on any atom is 0.326 e. The molecule has 1 heterocycles. The normalized spacial score (nSPS) is 25.6. The zero-order chi connectivity index (χ0) is 13.7. The number of hydrogen-bond acceptors (Lipinski definition) is 3. The molecule has 0 bridgehead atoms. The SMILES string of the molecule is CC1CCC(C)N(C(=O)N[C@H](CCO)C(=O)O)C1. The van der Waals surface area contributed by atoms with E-state index in [0.29, 0.717) is 12.5 Å². The molecule has 2 amide bonds. The Hall–Kier alpha value is -1.30. The number of aliphatic hydroxyl groups is 1. The third-order valence-corrected chi connectivity index (χ3v) is 3.39. The lowest BCUT2D eigenvalue weighted by molar-refractivity contribution is -0.139. The highest BCUT2D eigenvalue weighted by atomic mass is 16.4. The Morgan fingerprint density at radius 1 is 1.39 bits per heavy atom. The fourth-order valence-electron chi connectivity index (χ4n) is 2.19. The van der Waals surface area contributed by atoms with Crippen molar-refractivity contribution in [2.75, 3.05) is 13.2 Å². The Balaban J connectivity index is 2.59. The van der Waals surface area contributed by atoms with Crippen LogP contribution in [-0.4, -0.2) is 52.3 Å². The van der Waals surface area contributed by atoms with Crippen LogP contribution in [0.5, 0.6) is 0 Å². The van der Waals surface area contributed by atoms with Crippen molar-refractivity contribution in [3.05, 3.63) is 0 Å². The summed E-state index contributed by atoms with van der Waals surface area (Å²) in [5.74, 6) is -0.678. The summed E-state index contributed by atoms with van der Waals surface area (Å²) >= 11 is 0. The molecule has 0 saturated carbocycles. The molecule has 3 atom stereocenters. The van der Waals surface area contributed by atoms with Crippen molar-refractivity contribution in [1.29, 1.82) is 0 Å². The minimum atomic E-state index is -1.12. The minimum absolute atomic E-state index is 0.0266. The second kappa shape index (κ2) is 6.58. The van der Waals surface area contributed by atoms with Crippen molar-refractivity contribution in [3.8, 4) is 0 Å². The van der Waals surface area contributed by atoms with E-state index in [9.17, 15) is 9.59 Å². The molecule has 18 heavy (non-hydrogen) atoms. The van der Waals surface area contributed by atoms with Gasteiger partial charge in [-0.15, -0.1) is 0 Å². The number of carboxylic acid groups (broad SMARTS) is 1. The first kappa shape index (κ1) is 14.8. The molecule has 0 aromatic rings. The van der Waals surface area contributed by atoms with Gasteiger partial charge in [0.25, 0.3) is 0 Å². The van der Waals surface area contributed by atoms with Gasteiger partial charge in [0.05, 0.1) is 0 Å². The first-order valence-corrected chi connectivity index (χ1v) is 6.36. The standard InChI is InChI=1S/C12H22N2O4/c1-8-3-4-9(2)14(7-8)12(18)13-10(5-6-15)11(16)17/h8-10,15H,3-7H2,1-2H3,(H,13,18)(H,16,17)/t8?,9?,10-/m1/s1. The number of carboxylic acids is 1. The predicted octanol–water partition coefficient (Wildman–Crippen LogP) is 0.652. The number of urea groups is 1. The van der Waals surface area contributed by atoms with E-state index in [2.05, 4.69) is 12.2 Å². The van der Waals surface area contributed by atoms with Crippen molar-refractivity contribution in [2.24, 2.45) is 5.92 Å². The monoisotopic (exact) mass is 258 g/mol. The van der Waals surface area contributed by atoms with Crippen molar-refractivity contribution in [2.45, 2.75) is 45.2 Å². The molecule has 2 unspecified atom stereocenters. The quantitative estimate of drug-likeness (QED) is 0.690. The number of aliphatic hydroxyl groups excluding tert-OH is 1. The van der Waals surface area contributed by atoms with Gasteiger partial charge in [-0.25, -0.2) is 9.59 Å². The zero-order valence-electron chi connectivity index (χ0n) is 10.9. The lowest BCUT2D eigenvalue weighted by Gasteiger charge is -2.37. The molecule has 0 radical (unpaired) electrons. The molecule has 0 aromatic heterocycles. The van der Waals surface area contributed by atoms with E-state index < -0.39 is 12.0 Å². The van der Waals surface area contributed by atoms with Crippen LogP contribution in [0.3, 0.4) is 0 Å². The van der Waals surface area contributed by atoms with E-state index in [0.717, 1.165) is 12.8 Å². The predicted molar refractivity (Wildman–Crippen MR) is 66.2 cm³/mol. The van der Waals surface area contributed by atoms with Crippen LogP contribution in [0.2, 0.25) is 0 Å². The summed E-state index contributed by atoms with van der Waals surface area (Å²) < 4.78 is 0. The maximum atomic E-state index is 12.0. The third kappa shape index (κ3) is 3.87. The van der Waals surface area contributed by atoms with Gasteiger partial charge in [-0.3, -0.25) is 0 Å². The third-order valence-electron chi connectivity index (χ3n) is 3.39. The second-order valence-corrected chi connectivity index (χ2v) is 5.04. The minimum Gasteiger partial charge on any atom is -0.480 e. The van der Waals surface area contributed by atoms with Crippen LogP contribution in [0, 0.1) is 5.92 Å². The summed E-state index contributed by atoms with van der Waals surface area (Å²) in [7, 11) is 0. The number of amides is 2. The number of carbonyl (C=O) groups excluding carboxylic acids is 1. The summed E-state index contributed by atoms with van der Waals surface area (Å²) in [6, 6.07) is -1.24. The molecule has 104 valence electrons. The molecule has 1 aliphatic heterocycles. The molecule has 1 rings (SSSR count). The van der Waals surface area contributed by atoms with Gasteiger partial charge < -0.3 is 20.4 Å². The molecule has 6 nitrogen and oxygen atoms in total. The van der Waals surface area contributed by atoms with Crippen LogP contribution in [0.15, 0.2) is 0 Å². The first-order chi connectivity index (χ1) is 8.45. The van der Waals surface area contributed by atoms with Gasteiger partial charge in [0.2, 0.25) is 0 Å². The summed E-state index contributed by atoms with van der Waals surface area (Å²) in [6.07, 6.45) is 2.05. The maximum absolute atomic E-state index is 12.0. The molecule has 0 spiro atoms. The Morgan fingerprint density at radius 2 is 2.06 bits per heavy atom. The van der Waals surface area contributed by atoms with E-state index in [-0.39, 0.29) is 25.1 Å². The van der Waals surface area contributed by atoms with Gasteiger partial charge in [0, 0.05) is 25.6 Å². The molecule has 0 aromatic carbocycles. The largest absolute Gasteiger partial charge is 0.480 e. The smallest absolute Gasteiger partial charge is 0.326 e. The lowest BCUT2D eigenvalue weighted by Crippen LogP contribution is -2.53. The summed E-state index contributed by atoms with van der Waals surface area (Å²) in [4.78, 5) is 24.6. The Bertz CT molecular complexity index is 308. The van der Waals surface area contributed by atoms with Gasteiger partial charge in [0.15, 0.2) is 0 Å². The van der Waals surface area contributed by atoms with E-state index in [1.165, 1.54) is 0 Å². The van der Waals surface area contributed by atoms with E-state index in [1.807, 2.05) is 6.92 Å². The molecular formula is C12H22N2O4. The number of hydrogen-bond donors (Lipinski definition) is 3. The average Bonchev–Trinajstić information content (AvgIpc) is 2.31. The number of likely N-dealkylation sites (tertiary alicyclic amines) is 1. The van der Waals surface area contributed by atoms with Crippen molar-refractivity contribution >= 4 is 12.0 Å². The van der Waals surface area contributed by atoms with Crippen LogP contribution in [0.1, 0.15) is 33.1 Å². The molecule has 0 aliphatic carbocycles. The van der Waals surface area contributed by atoms with Crippen LogP contribution in [-0.2, 0) is 4.79 Å². The number of rotatable bonds is 4. The van der Waals surface area contributed by atoms with Gasteiger partial charge in [-0.1, -0.05) is 6.92 Å². The number of piperidine rings is 1. The fourth-order valence-corrected chi connectivity index (χ4v) is 2.19. The van der Waals surface area contributed by atoms with Gasteiger partial charge >= 0.3 is 12.0 Å². The van der Waals surface area contributed by atoms with Gasteiger partial charge in [0.1, 0.15) is 6.04 Å². The number of nitrogens with zero attached hydrogens (tertiary/aromatic N) is 1. The average molecular weight is 258 g/mol. The van der Waals surface area contributed by atoms with Crippen molar-refractivity contribution < 1.29 is 19.8 Å². The molecule has 6 heteroatoms. The highest BCUT2D eigenvalue weighted by Gasteiger charge is 2.29. The van der Waals surface area contributed by atoms with Crippen LogP contribution in [0.4, 0.5) is 4.79 Å². The highest BCUT2D eigenvalue weighted by molar-refractivity contribution is 5.82. The summed E-state index contributed by atoms with van der Waals surface area (Å²) in [5.41, 5.74) is 0. The Morgan fingerprint density at radius 3 is 2.61 bits per heavy atom.